The molecule has 0 heterocycles. The number of amides is 1. The smallest absolute Gasteiger partial charge is 0.225 e. The second kappa shape index (κ2) is 7.18. The lowest BCUT2D eigenvalue weighted by atomic mass is 10.2. The topological polar surface area (TPSA) is 84.9 Å². The van der Waals surface area contributed by atoms with E-state index in [0.29, 0.717) is 17.2 Å². The first-order valence-corrected chi connectivity index (χ1v) is 9.18. The molecule has 7 nitrogen and oxygen atoms in total. The molecule has 2 rings (SSSR count). The van der Waals surface area contributed by atoms with Gasteiger partial charge in [0.1, 0.15) is 11.5 Å². The van der Waals surface area contributed by atoms with Gasteiger partial charge in [0.25, 0.3) is 0 Å². The van der Waals surface area contributed by atoms with E-state index in [1.165, 1.54) is 24.8 Å². The van der Waals surface area contributed by atoms with Crippen molar-refractivity contribution in [3.05, 3.63) is 18.2 Å². The molecule has 0 atom stereocenters. The van der Waals surface area contributed by atoms with Gasteiger partial charge in [-0.15, -0.1) is 0 Å². The molecule has 1 N–H and O–H groups in total. The van der Waals surface area contributed by atoms with Crippen molar-refractivity contribution in [2.75, 3.05) is 32.3 Å². The maximum atomic E-state index is 12.1. The van der Waals surface area contributed by atoms with Crippen LogP contribution >= 0.6 is 0 Å². The zero-order chi connectivity index (χ0) is 17.0. The zero-order valence-corrected chi connectivity index (χ0v) is 14.4. The molecule has 0 radical (unpaired) electrons. The van der Waals surface area contributed by atoms with Crippen molar-refractivity contribution in [3.63, 3.8) is 0 Å². The minimum absolute atomic E-state index is 0.0455. The summed E-state index contributed by atoms with van der Waals surface area (Å²) in [7, 11) is -0.240. The second-order valence-corrected chi connectivity index (χ2v) is 7.40. The molecule has 0 saturated heterocycles. The summed E-state index contributed by atoms with van der Waals surface area (Å²) in [6.07, 6.45) is 2.98. The van der Waals surface area contributed by atoms with Crippen LogP contribution in [0.5, 0.6) is 11.5 Å². The summed E-state index contributed by atoms with van der Waals surface area (Å²) < 4.78 is 35.2. The second-order valence-electron chi connectivity index (χ2n) is 5.47. The van der Waals surface area contributed by atoms with E-state index in [0.717, 1.165) is 12.8 Å². The molecule has 8 heteroatoms. The lowest BCUT2D eigenvalue weighted by Crippen LogP contribution is -2.34. The summed E-state index contributed by atoms with van der Waals surface area (Å²) >= 11 is 0. The molecule has 1 aliphatic rings. The van der Waals surface area contributed by atoms with Crippen LogP contribution in [0, 0.1) is 0 Å². The van der Waals surface area contributed by atoms with Crippen molar-refractivity contribution >= 4 is 21.6 Å². The van der Waals surface area contributed by atoms with E-state index >= 15 is 0 Å². The summed E-state index contributed by atoms with van der Waals surface area (Å²) in [4.78, 5) is 12.1. The van der Waals surface area contributed by atoms with Gasteiger partial charge in [-0.3, -0.25) is 4.79 Å². The van der Waals surface area contributed by atoms with Crippen LogP contribution in [0.15, 0.2) is 18.2 Å². The lowest BCUT2D eigenvalue weighted by Gasteiger charge is -2.19. The zero-order valence-electron chi connectivity index (χ0n) is 13.5. The maximum Gasteiger partial charge on any atom is 0.225 e. The van der Waals surface area contributed by atoms with Gasteiger partial charge in [-0.2, -0.15) is 4.31 Å². The highest BCUT2D eigenvalue weighted by molar-refractivity contribution is 7.88. The molecule has 1 aliphatic carbocycles. The van der Waals surface area contributed by atoms with E-state index in [-0.39, 0.29) is 24.9 Å². The Morgan fingerprint density at radius 1 is 1.30 bits per heavy atom. The van der Waals surface area contributed by atoms with Gasteiger partial charge in [0.05, 0.1) is 26.2 Å². The fourth-order valence-electron chi connectivity index (χ4n) is 2.32. The van der Waals surface area contributed by atoms with Crippen LogP contribution in [0.1, 0.15) is 19.3 Å². The Bertz CT molecular complexity index is 670. The van der Waals surface area contributed by atoms with E-state index in [9.17, 15) is 13.2 Å². The van der Waals surface area contributed by atoms with Crippen LogP contribution in [-0.2, 0) is 14.8 Å². The number of carbonyl (C=O) groups excluding carboxylic acids is 1. The van der Waals surface area contributed by atoms with Gasteiger partial charge >= 0.3 is 0 Å². The van der Waals surface area contributed by atoms with Crippen molar-refractivity contribution < 1.29 is 22.7 Å². The van der Waals surface area contributed by atoms with Crippen molar-refractivity contribution in [1.29, 1.82) is 0 Å². The molecule has 0 aromatic heterocycles. The maximum absolute atomic E-state index is 12.1. The number of nitrogens with one attached hydrogen (secondary N) is 1. The number of ether oxygens (including phenoxy) is 2. The van der Waals surface area contributed by atoms with Gasteiger partial charge in [-0.05, 0) is 25.0 Å². The van der Waals surface area contributed by atoms with Gasteiger partial charge < -0.3 is 14.8 Å². The summed E-state index contributed by atoms with van der Waals surface area (Å²) in [6, 6.07) is 5.13. The fraction of sp³-hybridized carbons (Fsp3) is 0.533. The first-order valence-electron chi connectivity index (χ1n) is 7.34. The van der Waals surface area contributed by atoms with E-state index in [1.807, 2.05) is 0 Å². The molecule has 1 fully saturated rings. The fourth-order valence-corrected chi connectivity index (χ4v) is 3.49. The quantitative estimate of drug-likeness (QED) is 0.773. The Hall–Kier alpha value is -1.80. The highest BCUT2D eigenvalue weighted by Crippen LogP contribution is 2.30. The number of anilines is 1. The highest BCUT2D eigenvalue weighted by Gasteiger charge is 2.34. The Morgan fingerprint density at radius 3 is 2.52 bits per heavy atom. The molecule has 1 saturated carbocycles. The molecule has 0 unspecified atom stereocenters. The Labute approximate surface area is 136 Å². The number of methoxy groups -OCH3 is 2. The van der Waals surface area contributed by atoms with Crippen LogP contribution in [0.2, 0.25) is 0 Å². The molecule has 1 aromatic rings. The third-order valence-corrected chi connectivity index (χ3v) is 4.95. The Kier molecular flexibility index (Phi) is 5.48. The molecule has 0 spiro atoms. The minimum Gasteiger partial charge on any atom is -0.497 e. The predicted molar refractivity (Wildman–Crippen MR) is 87.4 cm³/mol. The SMILES string of the molecule is COc1ccc(OC)c(NC(=O)CCN(C2CC2)S(C)(=O)=O)c1. The molecular formula is C15H22N2O5S. The first kappa shape index (κ1) is 17.6. The van der Waals surface area contributed by atoms with E-state index < -0.39 is 10.0 Å². The Balaban J connectivity index is 1.99. The first-order chi connectivity index (χ1) is 10.8. The van der Waals surface area contributed by atoms with Gasteiger partial charge in [0, 0.05) is 25.1 Å². The summed E-state index contributed by atoms with van der Waals surface area (Å²) in [5.41, 5.74) is 0.495. The monoisotopic (exact) mass is 342 g/mol. The van der Waals surface area contributed by atoms with Crippen molar-refractivity contribution in [1.82, 2.24) is 4.31 Å². The van der Waals surface area contributed by atoms with Gasteiger partial charge in [-0.1, -0.05) is 0 Å². The van der Waals surface area contributed by atoms with Crippen LogP contribution in [0.3, 0.4) is 0 Å². The summed E-state index contributed by atoms with van der Waals surface area (Å²) in [5, 5.41) is 2.74. The average Bonchev–Trinajstić information content (AvgIpc) is 3.30. The number of carbonyl (C=O) groups is 1. The Morgan fingerprint density at radius 2 is 2.00 bits per heavy atom. The molecule has 1 amide bonds. The molecule has 0 bridgehead atoms. The normalized spacial score (nSPS) is 14.6. The molecule has 23 heavy (non-hydrogen) atoms. The number of benzene rings is 1. The minimum atomic E-state index is -3.29. The van der Waals surface area contributed by atoms with Gasteiger partial charge in [0.15, 0.2) is 0 Å². The largest absolute Gasteiger partial charge is 0.497 e. The number of nitrogens with zero attached hydrogens (tertiary/aromatic N) is 1. The summed E-state index contributed by atoms with van der Waals surface area (Å²) in [5.74, 6) is 0.837. The van der Waals surface area contributed by atoms with E-state index in [2.05, 4.69) is 5.32 Å². The van der Waals surface area contributed by atoms with Crippen LogP contribution in [0.4, 0.5) is 5.69 Å². The third-order valence-electron chi connectivity index (χ3n) is 3.62. The van der Waals surface area contributed by atoms with E-state index in [1.54, 1.807) is 18.2 Å². The molecule has 0 aliphatic heterocycles. The number of sulfonamides is 1. The van der Waals surface area contributed by atoms with Gasteiger partial charge in [0.2, 0.25) is 15.9 Å². The average molecular weight is 342 g/mol. The van der Waals surface area contributed by atoms with Crippen molar-refractivity contribution in [2.45, 2.75) is 25.3 Å². The van der Waals surface area contributed by atoms with E-state index in [4.69, 9.17) is 9.47 Å². The summed E-state index contributed by atoms with van der Waals surface area (Å²) in [6.45, 7) is 0.182. The van der Waals surface area contributed by atoms with Crippen molar-refractivity contribution in [2.24, 2.45) is 0 Å². The molecule has 1 aromatic carbocycles. The molecular weight excluding hydrogens is 320 g/mol. The van der Waals surface area contributed by atoms with Crippen LogP contribution < -0.4 is 14.8 Å². The van der Waals surface area contributed by atoms with Crippen LogP contribution in [0.25, 0.3) is 0 Å². The third kappa shape index (κ3) is 4.84. The lowest BCUT2D eigenvalue weighted by molar-refractivity contribution is -0.116. The van der Waals surface area contributed by atoms with Crippen LogP contribution in [-0.4, -0.2) is 51.7 Å². The highest BCUT2D eigenvalue weighted by atomic mass is 32.2. The number of hydrogen-bond donors (Lipinski definition) is 1. The van der Waals surface area contributed by atoms with Crippen molar-refractivity contribution in [3.8, 4) is 11.5 Å². The number of rotatable bonds is 8. The van der Waals surface area contributed by atoms with Gasteiger partial charge in [-0.25, -0.2) is 8.42 Å². The predicted octanol–water partition coefficient (Wildman–Crippen LogP) is 1.46. The number of hydrogen-bond acceptors (Lipinski definition) is 5. The standard InChI is InChI=1S/C15H22N2O5S/c1-21-12-6-7-14(22-2)13(10-12)16-15(18)8-9-17(11-4-5-11)23(3,19)20/h6-7,10-11H,4-5,8-9H2,1-3H3,(H,16,18). The molecule has 128 valence electrons.